The van der Waals surface area contributed by atoms with E-state index in [1.807, 2.05) is 49.8 Å². The molecule has 2 aromatic rings. The number of amidine groups is 1. The van der Waals surface area contributed by atoms with Crippen molar-refractivity contribution in [2.24, 2.45) is 0 Å². The molecule has 0 radical (unpaired) electrons. The van der Waals surface area contributed by atoms with Gasteiger partial charge in [0.1, 0.15) is 5.52 Å². The summed E-state index contributed by atoms with van der Waals surface area (Å²) in [6.45, 7) is 0. The Balaban J connectivity index is 0.000000543. The molecule has 0 aromatic carbocycles. The van der Waals surface area contributed by atoms with Gasteiger partial charge in [0.25, 0.3) is 0 Å². The quantitative estimate of drug-likeness (QED) is 0.174. The number of rotatable bonds is 2. The molecule has 0 atom stereocenters. The number of carbonyl (C=O) groups is 1. The van der Waals surface area contributed by atoms with Crippen LogP contribution in [-0.4, -0.2) is 89.2 Å². The molecular formula is C13H22F6N7O2P. The Hall–Kier alpha value is -2.70. The van der Waals surface area contributed by atoms with Crippen molar-refractivity contribution in [2.75, 3.05) is 42.3 Å². The standard InChI is InChI=1S/C10H15N6O.C3H7NO.F6P/c1-14(2)10(15(3)4)17-16-9-8(12-13-16)6-5-7-11-9;1-4(2)3-5;1-7(2,3,4,5)6/h5-7H,1-4H3;3H,1-2H3;/q+1;;-1. The topological polar surface area (TPSA) is 79.4 Å². The fourth-order valence-electron chi connectivity index (χ4n) is 1.45. The van der Waals surface area contributed by atoms with Crippen LogP contribution in [0.25, 0.3) is 11.2 Å². The maximum atomic E-state index is 9.87. The van der Waals surface area contributed by atoms with Crippen LogP contribution < -0.4 is 4.84 Å². The van der Waals surface area contributed by atoms with E-state index in [4.69, 9.17) is 4.84 Å². The summed E-state index contributed by atoms with van der Waals surface area (Å²) in [6, 6.07) is 4.28. The van der Waals surface area contributed by atoms with E-state index in [0.29, 0.717) is 17.2 Å². The number of fused-ring (bicyclic) bond motifs is 1. The summed E-state index contributed by atoms with van der Waals surface area (Å²) in [7, 11) is 0.281. The molecule has 0 aliphatic heterocycles. The average Bonchev–Trinajstić information content (AvgIpc) is 2.92. The van der Waals surface area contributed by atoms with Crippen molar-refractivity contribution in [3.63, 3.8) is 0 Å². The molecule has 2 heterocycles. The minimum absolute atomic E-state index is 0.591. The first-order valence-corrected chi connectivity index (χ1v) is 9.59. The summed E-state index contributed by atoms with van der Waals surface area (Å²) >= 11 is 0. The maximum absolute atomic E-state index is 10.7. The molecule has 16 heteroatoms. The fraction of sp³-hybridized carbons (Fsp3) is 0.462. The normalized spacial score (nSPS) is 12.8. The third-order valence-electron chi connectivity index (χ3n) is 2.33. The van der Waals surface area contributed by atoms with Crippen molar-refractivity contribution in [3.05, 3.63) is 18.3 Å². The summed E-state index contributed by atoms with van der Waals surface area (Å²) in [5.74, 6) is 0. The predicted molar refractivity (Wildman–Crippen MR) is 96.0 cm³/mol. The van der Waals surface area contributed by atoms with Gasteiger partial charge in [0.2, 0.25) is 12.1 Å². The van der Waals surface area contributed by atoms with Crippen molar-refractivity contribution in [1.29, 1.82) is 0 Å². The van der Waals surface area contributed by atoms with Crippen LogP contribution in [0.15, 0.2) is 18.3 Å². The second-order valence-electron chi connectivity index (χ2n) is 6.00. The molecule has 0 unspecified atom stereocenters. The van der Waals surface area contributed by atoms with E-state index in [0.717, 1.165) is 6.41 Å². The van der Waals surface area contributed by atoms with Crippen LogP contribution in [0.1, 0.15) is 0 Å². The number of pyridine rings is 1. The van der Waals surface area contributed by atoms with E-state index in [-0.39, 0.29) is 0 Å². The Morgan fingerprint density at radius 2 is 1.62 bits per heavy atom. The van der Waals surface area contributed by atoms with Crippen LogP contribution in [0.3, 0.4) is 0 Å². The molecule has 1 amide bonds. The van der Waals surface area contributed by atoms with Crippen LogP contribution in [0.2, 0.25) is 0 Å². The summed E-state index contributed by atoms with van der Waals surface area (Å²) in [5, 5.41) is 7.87. The van der Waals surface area contributed by atoms with E-state index >= 15 is 0 Å². The molecular weight excluding hydrogens is 431 g/mol. The molecule has 29 heavy (non-hydrogen) atoms. The first kappa shape index (κ1) is 26.3. The summed E-state index contributed by atoms with van der Waals surface area (Å²) in [5.41, 5.74) is 1.29. The Labute approximate surface area is 162 Å². The Bertz CT molecular complexity index is 837. The van der Waals surface area contributed by atoms with Crippen molar-refractivity contribution in [1.82, 2.24) is 29.9 Å². The molecule has 0 N–H and O–H groups in total. The predicted octanol–water partition coefficient (Wildman–Crippen LogP) is 2.53. The van der Waals surface area contributed by atoms with Crippen molar-refractivity contribution in [3.8, 4) is 0 Å². The molecule has 2 rings (SSSR count). The zero-order valence-corrected chi connectivity index (χ0v) is 17.4. The molecule has 0 bridgehead atoms. The van der Waals surface area contributed by atoms with Crippen LogP contribution in [0.4, 0.5) is 25.2 Å². The molecule has 0 saturated heterocycles. The SMILES string of the molecule is CN(C)C(On1nnc2cccnc21)=[N+](C)C.CN(C)C=O.F[P-](F)(F)(F)(F)F. The number of hydrogen-bond acceptors (Lipinski definition) is 5. The Morgan fingerprint density at radius 1 is 1.14 bits per heavy atom. The van der Waals surface area contributed by atoms with Gasteiger partial charge < -0.3 is 4.90 Å². The van der Waals surface area contributed by atoms with Gasteiger partial charge in [-0.05, 0) is 22.2 Å². The van der Waals surface area contributed by atoms with Gasteiger partial charge in [-0.1, -0.05) is 0 Å². The summed E-state index contributed by atoms with van der Waals surface area (Å²) in [4.78, 5) is 23.8. The van der Waals surface area contributed by atoms with Gasteiger partial charge in [-0.15, -0.1) is 5.10 Å². The van der Waals surface area contributed by atoms with E-state index in [9.17, 15) is 30.0 Å². The van der Waals surface area contributed by atoms with E-state index in [2.05, 4.69) is 15.3 Å². The minimum atomic E-state index is -10.7. The van der Waals surface area contributed by atoms with E-state index in [1.54, 1.807) is 20.3 Å². The van der Waals surface area contributed by atoms with Crippen molar-refractivity contribution in [2.45, 2.75) is 0 Å². The van der Waals surface area contributed by atoms with Crippen LogP contribution >= 0.6 is 7.81 Å². The second kappa shape index (κ2) is 8.76. The molecule has 0 aliphatic carbocycles. The zero-order chi connectivity index (χ0) is 23.1. The van der Waals surface area contributed by atoms with Gasteiger partial charge in [-0.2, -0.15) is 0 Å². The molecule has 0 aliphatic rings. The fourth-order valence-corrected chi connectivity index (χ4v) is 1.45. The van der Waals surface area contributed by atoms with Gasteiger partial charge in [-0.3, -0.25) is 9.63 Å². The van der Waals surface area contributed by atoms with Gasteiger partial charge in [0.15, 0.2) is 0 Å². The van der Waals surface area contributed by atoms with Gasteiger partial charge in [0, 0.05) is 20.3 Å². The van der Waals surface area contributed by atoms with Gasteiger partial charge in [-0.25, -0.2) is 14.5 Å². The second-order valence-corrected chi connectivity index (χ2v) is 7.92. The Kier molecular flexibility index (Phi) is 7.94. The van der Waals surface area contributed by atoms with Crippen molar-refractivity contribution < 1.29 is 39.4 Å². The van der Waals surface area contributed by atoms with Gasteiger partial charge >= 0.3 is 39.0 Å². The first-order chi connectivity index (χ1) is 12.8. The monoisotopic (exact) mass is 453 g/mol. The number of carbonyl (C=O) groups excluding carboxylic acids is 1. The molecule has 2 aromatic heterocycles. The van der Waals surface area contributed by atoms with Crippen LogP contribution in [-0.2, 0) is 4.79 Å². The van der Waals surface area contributed by atoms with E-state index < -0.39 is 7.81 Å². The molecule has 0 fully saturated rings. The average molecular weight is 453 g/mol. The molecule has 168 valence electrons. The first-order valence-electron chi connectivity index (χ1n) is 7.56. The van der Waals surface area contributed by atoms with Crippen LogP contribution in [0, 0.1) is 0 Å². The molecule has 0 spiro atoms. The van der Waals surface area contributed by atoms with Crippen molar-refractivity contribution >= 4 is 31.4 Å². The van der Waals surface area contributed by atoms with E-state index in [1.165, 1.54) is 9.75 Å². The van der Waals surface area contributed by atoms with Crippen LogP contribution in [0.5, 0.6) is 0 Å². The number of nitrogens with zero attached hydrogens (tertiary/aromatic N) is 7. The molecule has 0 saturated carbocycles. The van der Waals surface area contributed by atoms with Gasteiger partial charge in [0.05, 0.1) is 28.2 Å². The molecule has 9 nitrogen and oxygen atoms in total. The number of halogens is 6. The third kappa shape index (κ3) is 14.0. The number of hydrogen-bond donors (Lipinski definition) is 0. The zero-order valence-electron chi connectivity index (χ0n) is 16.5. The Morgan fingerprint density at radius 3 is 2.00 bits per heavy atom. The summed E-state index contributed by atoms with van der Waals surface area (Å²) in [6.07, 6.45) is 2.43. The number of aromatic nitrogens is 4. The summed E-state index contributed by atoms with van der Waals surface area (Å²) < 4.78 is 61.0. The third-order valence-corrected chi connectivity index (χ3v) is 2.33. The number of amides is 1.